The maximum absolute atomic E-state index is 11.9. The van der Waals surface area contributed by atoms with Gasteiger partial charge in [0.05, 0.1) is 12.5 Å². The molecule has 0 aromatic rings. The normalized spacial score (nSPS) is 22.8. The Bertz CT molecular complexity index is 331. The molecular weight excluding hydrogens is 232 g/mol. The number of aliphatic carboxylic acids is 1. The van der Waals surface area contributed by atoms with Gasteiger partial charge in [-0.2, -0.15) is 0 Å². The van der Waals surface area contributed by atoms with Crippen molar-refractivity contribution in [1.82, 2.24) is 10.2 Å². The molecule has 0 aromatic carbocycles. The Labute approximate surface area is 108 Å². The molecule has 5 nitrogen and oxygen atoms in total. The number of carboxylic acids is 1. The molecule has 2 aliphatic rings. The predicted molar refractivity (Wildman–Crippen MR) is 67.2 cm³/mol. The number of amides is 1. The van der Waals surface area contributed by atoms with Gasteiger partial charge in [-0.25, -0.2) is 0 Å². The van der Waals surface area contributed by atoms with Crippen molar-refractivity contribution in [3.05, 3.63) is 0 Å². The summed E-state index contributed by atoms with van der Waals surface area (Å²) in [5.74, 6) is -0.905. The van der Waals surface area contributed by atoms with E-state index in [4.69, 9.17) is 5.11 Å². The highest BCUT2D eigenvalue weighted by molar-refractivity contribution is 5.78. The number of nitrogens with one attached hydrogen (secondary N) is 1. The summed E-state index contributed by atoms with van der Waals surface area (Å²) in [6.07, 6.45) is 3.66. The Morgan fingerprint density at radius 2 is 1.94 bits per heavy atom. The smallest absolute Gasteiger partial charge is 0.306 e. The monoisotopic (exact) mass is 254 g/mol. The highest BCUT2D eigenvalue weighted by atomic mass is 16.4. The van der Waals surface area contributed by atoms with Crippen LogP contribution in [0.25, 0.3) is 0 Å². The number of nitrogens with zero attached hydrogens (tertiary/aromatic N) is 1. The van der Waals surface area contributed by atoms with Gasteiger partial charge in [0.15, 0.2) is 0 Å². The Hall–Kier alpha value is -1.10. The first-order valence-corrected chi connectivity index (χ1v) is 6.71. The van der Waals surface area contributed by atoms with Gasteiger partial charge in [0.1, 0.15) is 0 Å². The number of carbonyl (C=O) groups is 2. The average molecular weight is 254 g/mol. The van der Waals surface area contributed by atoms with E-state index in [1.54, 1.807) is 4.90 Å². The fourth-order valence-electron chi connectivity index (χ4n) is 2.35. The van der Waals surface area contributed by atoms with E-state index in [0.717, 1.165) is 6.54 Å². The minimum Gasteiger partial charge on any atom is -0.481 e. The molecule has 2 N–H and O–H groups in total. The van der Waals surface area contributed by atoms with Crippen molar-refractivity contribution in [1.29, 1.82) is 0 Å². The van der Waals surface area contributed by atoms with E-state index >= 15 is 0 Å². The van der Waals surface area contributed by atoms with Crippen LogP contribution in [0.4, 0.5) is 0 Å². The number of hydrogen-bond donors (Lipinski definition) is 2. The summed E-state index contributed by atoms with van der Waals surface area (Å²) in [4.78, 5) is 24.5. The molecule has 18 heavy (non-hydrogen) atoms. The summed E-state index contributed by atoms with van der Waals surface area (Å²) in [7, 11) is 0. The van der Waals surface area contributed by atoms with E-state index in [0.29, 0.717) is 37.9 Å². The number of hydrogen-bond acceptors (Lipinski definition) is 3. The molecule has 0 bridgehead atoms. The lowest BCUT2D eigenvalue weighted by atomic mass is 9.97. The predicted octanol–water partition coefficient (Wildman–Crippen LogP) is 0.699. The third-order valence-electron chi connectivity index (χ3n) is 4.13. The molecule has 2 fully saturated rings. The second kappa shape index (κ2) is 5.26. The van der Waals surface area contributed by atoms with E-state index in [2.05, 4.69) is 12.2 Å². The zero-order valence-corrected chi connectivity index (χ0v) is 10.9. The van der Waals surface area contributed by atoms with Gasteiger partial charge in [0.2, 0.25) is 5.91 Å². The van der Waals surface area contributed by atoms with Crippen molar-refractivity contribution in [2.24, 2.45) is 11.3 Å². The van der Waals surface area contributed by atoms with Crippen molar-refractivity contribution in [3.63, 3.8) is 0 Å². The van der Waals surface area contributed by atoms with Gasteiger partial charge in [-0.1, -0.05) is 6.92 Å². The van der Waals surface area contributed by atoms with Gasteiger partial charge in [-0.15, -0.1) is 0 Å². The molecular formula is C13H22N2O3. The van der Waals surface area contributed by atoms with E-state index in [9.17, 15) is 9.59 Å². The highest BCUT2D eigenvalue weighted by Gasteiger charge is 2.36. The van der Waals surface area contributed by atoms with Crippen molar-refractivity contribution >= 4 is 11.9 Å². The molecule has 1 saturated carbocycles. The average Bonchev–Trinajstić information content (AvgIpc) is 3.07. The molecule has 1 aliphatic carbocycles. The van der Waals surface area contributed by atoms with Gasteiger partial charge in [0, 0.05) is 19.6 Å². The molecule has 102 valence electrons. The summed E-state index contributed by atoms with van der Waals surface area (Å²) in [5.41, 5.74) is 0.413. The number of carboxylic acid groups (broad SMARTS) is 1. The lowest BCUT2D eigenvalue weighted by Crippen LogP contribution is -2.44. The van der Waals surface area contributed by atoms with Gasteiger partial charge in [0.25, 0.3) is 0 Å². The summed E-state index contributed by atoms with van der Waals surface area (Å²) >= 11 is 0. The molecule has 0 aromatic heterocycles. The Kier molecular flexibility index (Phi) is 3.90. The topological polar surface area (TPSA) is 69.6 Å². The molecule has 2 rings (SSSR count). The Morgan fingerprint density at radius 1 is 1.33 bits per heavy atom. The highest BCUT2D eigenvalue weighted by Crippen LogP contribution is 2.43. The second-order valence-electron chi connectivity index (χ2n) is 5.91. The van der Waals surface area contributed by atoms with Crippen LogP contribution in [-0.4, -0.2) is 48.1 Å². The van der Waals surface area contributed by atoms with Gasteiger partial charge < -0.3 is 15.3 Å². The van der Waals surface area contributed by atoms with Crippen LogP contribution in [0.5, 0.6) is 0 Å². The number of carbonyl (C=O) groups excluding carboxylic acids is 1. The van der Waals surface area contributed by atoms with E-state index < -0.39 is 5.97 Å². The zero-order chi connectivity index (χ0) is 13.2. The maximum atomic E-state index is 11.9. The minimum absolute atomic E-state index is 0.100. The van der Waals surface area contributed by atoms with Crippen molar-refractivity contribution in [3.8, 4) is 0 Å². The lowest BCUT2D eigenvalue weighted by molar-refractivity contribution is -0.145. The van der Waals surface area contributed by atoms with Crippen LogP contribution in [0.15, 0.2) is 0 Å². The molecule has 0 radical (unpaired) electrons. The molecule has 1 heterocycles. The SMILES string of the molecule is CC1(CNCC(=O)N2CCC(C(=O)O)CC2)CC1. The summed E-state index contributed by atoms with van der Waals surface area (Å²) < 4.78 is 0. The first-order valence-electron chi connectivity index (χ1n) is 6.71. The fourth-order valence-corrected chi connectivity index (χ4v) is 2.35. The number of piperidine rings is 1. The molecule has 0 spiro atoms. The van der Waals surface area contributed by atoms with Crippen LogP contribution in [0.1, 0.15) is 32.6 Å². The Balaban J connectivity index is 1.65. The summed E-state index contributed by atoms with van der Waals surface area (Å²) in [6, 6.07) is 0. The van der Waals surface area contributed by atoms with E-state index in [-0.39, 0.29) is 11.8 Å². The van der Waals surface area contributed by atoms with Crippen molar-refractivity contribution in [2.45, 2.75) is 32.6 Å². The summed E-state index contributed by atoms with van der Waals surface area (Å²) in [6.45, 7) is 4.67. The lowest BCUT2D eigenvalue weighted by Gasteiger charge is -2.30. The molecule has 0 atom stereocenters. The van der Waals surface area contributed by atoms with E-state index in [1.807, 2.05) is 0 Å². The maximum Gasteiger partial charge on any atom is 0.306 e. The van der Waals surface area contributed by atoms with Gasteiger partial charge in [-0.05, 0) is 31.1 Å². The van der Waals surface area contributed by atoms with Crippen molar-refractivity contribution < 1.29 is 14.7 Å². The van der Waals surface area contributed by atoms with Crippen LogP contribution >= 0.6 is 0 Å². The van der Waals surface area contributed by atoms with Crippen LogP contribution in [-0.2, 0) is 9.59 Å². The Morgan fingerprint density at radius 3 is 2.44 bits per heavy atom. The fraction of sp³-hybridized carbons (Fsp3) is 0.846. The summed E-state index contributed by atoms with van der Waals surface area (Å²) in [5, 5.41) is 12.1. The van der Waals surface area contributed by atoms with Crippen LogP contribution in [0.2, 0.25) is 0 Å². The zero-order valence-electron chi connectivity index (χ0n) is 10.9. The molecule has 5 heteroatoms. The first-order chi connectivity index (χ1) is 8.50. The van der Waals surface area contributed by atoms with Crippen LogP contribution in [0, 0.1) is 11.3 Å². The van der Waals surface area contributed by atoms with Gasteiger partial charge >= 0.3 is 5.97 Å². The van der Waals surface area contributed by atoms with E-state index in [1.165, 1.54) is 12.8 Å². The third kappa shape index (κ3) is 3.45. The molecule has 0 unspecified atom stereocenters. The molecule has 1 amide bonds. The van der Waals surface area contributed by atoms with Crippen molar-refractivity contribution in [2.75, 3.05) is 26.2 Å². The molecule has 1 saturated heterocycles. The quantitative estimate of drug-likeness (QED) is 0.757. The first kappa shape index (κ1) is 13.3. The largest absolute Gasteiger partial charge is 0.481 e. The number of rotatable bonds is 5. The van der Waals surface area contributed by atoms with Crippen LogP contribution < -0.4 is 5.32 Å². The second-order valence-corrected chi connectivity index (χ2v) is 5.91. The number of likely N-dealkylation sites (tertiary alicyclic amines) is 1. The minimum atomic E-state index is -0.734. The van der Waals surface area contributed by atoms with Gasteiger partial charge in [-0.3, -0.25) is 9.59 Å². The molecule has 1 aliphatic heterocycles. The van der Waals surface area contributed by atoms with Crippen LogP contribution in [0.3, 0.4) is 0 Å². The standard InChI is InChI=1S/C13H22N2O3/c1-13(4-5-13)9-14-8-11(16)15-6-2-10(3-7-15)12(17)18/h10,14H,2-9H2,1H3,(H,17,18). The third-order valence-corrected chi connectivity index (χ3v) is 4.13.